The summed E-state index contributed by atoms with van der Waals surface area (Å²) in [6.07, 6.45) is -0.0505. The Kier molecular flexibility index (Phi) is 4.01. The Balaban J connectivity index is 3.47. The van der Waals surface area contributed by atoms with E-state index in [1.54, 1.807) is 0 Å². The molecular weight excluding hydrogens is 131 g/mol. The van der Waals surface area contributed by atoms with E-state index in [-0.39, 0.29) is 6.42 Å². The molecule has 4 heteroatoms. The van der Waals surface area contributed by atoms with Crippen molar-refractivity contribution < 1.29 is 9.90 Å². The molecular formula is C3H3O2PS. The molecule has 0 fully saturated rings. The van der Waals surface area contributed by atoms with Gasteiger partial charge in [-0.25, -0.2) is 0 Å². The van der Waals surface area contributed by atoms with Crippen LogP contribution < -0.4 is 0 Å². The van der Waals surface area contributed by atoms with Crippen LogP contribution in [0.4, 0.5) is 0 Å². The number of carboxylic acids is 1. The molecule has 0 rings (SSSR count). The summed E-state index contributed by atoms with van der Waals surface area (Å²) in [5, 5.41) is 7.93. The van der Waals surface area contributed by atoms with E-state index in [0.717, 1.165) is 0 Å². The molecule has 0 spiro atoms. The number of carbonyl (C=O) groups is 1. The van der Waals surface area contributed by atoms with Gasteiger partial charge < -0.3 is 0 Å². The SMILES string of the molecule is O=C(O)CC#P=S. The molecule has 0 bridgehead atoms. The van der Waals surface area contributed by atoms with Gasteiger partial charge in [0, 0.05) is 0 Å². The predicted molar refractivity (Wildman–Crippen MR) is 30.4 cm³/mol. The average molecular weight is 134 g/mol. The Labute approximate surface area is 47.3 Å². The van der Waals surface area contributed by atoms with Crippen molar-refractivity contribution in [2.75, 3.05) is 0 Å². The molecule has 0 amide bonds. The topological polar surface area (TPSA) is 37.3 Å². The summed E-state index contributed by atoms with van der Waals surface area (Å²) in [5.41, 5.74) is 2.44. The van der Waals surface area contributed by atoms with Gasteiger partial charge in [0.1, 0.15) is 0 Å². The number of hydrogen-bond acceptors (Lipinski definition) is 2. The number of carboxylic acid groups (broad SMARTS) is 1. The Morgan fingerprint density at radius 1 is 2.00 bits per heavy atom. The molecule has 0 aromatic carbocycles. The van der Waals surface area contributed by atoms with Crippen LogP contribution >= 0.6 is 6.81 Å². The van der Waals surface area contributed by atoms with Crippen LogP contribution in [0.3, 0.4) is 0 Å². The van der Waals surface area contributed by atoms with Crippen molar-refractivity contribution in [2.24, 2.45) is 0 Å². The van der Waals surface area contributed by atoms with Gasteiger partial charge in [0.15, 0.2) is 0 Å². The van der Waals surface area contributed by atoms with Gasteiger partial charge in [-0.05, 0) is 0 Å². The molecule has 0 aromatic rings. The van der Waals surface area contributed by atoms with Crippen molar-refractivity contribution in [3.05, 3.63) is 0 Å². The summed E-state index contributed by atoms with van der Waals surface area (Å²) in [6.45, 7) is 0.493. The second-order valence-electron chi connectivity index (χ2n) is 0.820. The molecule has 0 aliphatic rings. The molecule has 0 saturated heterocycles. The van der Waals surface area contributed by atoms with Crippen LogP contribution in [-0.2, 0) is 16.6 Å². The van der Waals surface area contributed by atoms with Gasteiger partial charge in [-0.1, -0.05) is 0 Å². The number of hydrogen-bond donors (Lipinski definition) is 1. The molecule has 1 N–H and O–H groups in total. The Hall–Kier alpha value is -0.100. The van der Waals surface area contributed by atoms with Crippen LogP contribution in [0.15, 0.2) is 0 Å². The summed E-state index contributed by atoms with van der Waals surface area (Å²) in [7, 11) is 0. The molecule has 0 saturated carbocycles. The zero-order valence-electron chi connectivity index (χ0n) is 3.42. The zero-order valence-corrected chi connectivity index (χ0v) is 5.13. The second kappa shape index (κ2) is 4.07. The molecule has 0 aromatic heterocycles. The minimum atomic E-state index is -0.877. The molecule has 2 nitrogen and oxygen atoms in total. The third-order valence-corrected chi connectivity index (χ3v) is 0.969. The first-order chi connectivity index (χ1) is 3.27. The van der Waals surface area contributed by atoms with Crippen molar-refractivity contribution in [1.29, 1.82) is 0 Å². The van der Waals surface area contributed by atoms with Crippen LogP contribution in [0.1, 0.15) is 6.42 Å². The van der Waals surface area contributed by atoms with Gasteiger partial charge in [0.05, 0.1) is 0 Å². The van der Waals surface area contributed by atoms with E-state index < -0.39 is 5.97 Å². The van der Waals surface area contributed by atoms with E-state index in [4.69, 9.17) is 5.11 Å². The van der Waals surface area contributed by atoms with Crippen molar-refractivity contribution >= 4 is 24.6 Å². The van der Waals surface area contributed by atoms with E-state index in [1.165, 1.54) is 0 Å². The Morgan fingerprint density at radius 2 is 2.57 bits per heavy atom. The number of aliphatic carboxylic acids is 1. The third kappa shape index (κ3) is 5.90. The molecule has 0 unspecified atom stereocenters. The van der Waals surface area contributed by atoms with Gasteiger partial charge in [-0.15, -0.1) is 0 Å². The van der Waals surface area contributed by atoms with E-state index in [2.05, 4.69) is 17.4 Å². The fourth-order valence-electron chi connectivity index (χ4n) is 0.0999. The van der Waals surface area contributed by atoms with Crippen LogP contribution in [-0.4, -0.2) is 11.1 Å². The fraction of sp³-hybridized carbons (Fsp3) is 0.333. The quantitative estimate of drug-likeness (QED) is 0.539. The minimum absolute atomic E-state index is 0.0505. The van der Waals surface area contributed by atoms with Crippen molar-refractivity contribution in [2.45, 2.75) is 6.42 Å². The maximum absolute atomic E-state index is 9.64. The van der Waals surface area contributed by atoms with Crippen LogP contribution in [0.5, 0.6) is 0 Å². The molecule has 0 aliphatic carbocycles. The Morgan fingerprint density at radius 3 is 2.71 bits per heavy atom. The first-order valence-electron chi connectivity index (χ1n) is 1.54. The molecule has 0 aliphatic heterocycles. The molecule has 0 atom stereocenters. The standard InChI is InChI=1S/C3H3O2PS/c4-3(5)1-2-6-7/h1H2,(H,4,5). The van der Waals surface area contributed by atoms with Gasteiger partial charge >= 0.3 is 46.5 Å². The van der Waals surface area contributed by atoms with Gasteiger partial charge in [-0.3, -0.25) is 0 Å². The summed E-state index contributed by atoms with van der Waals surface area (Å²) < 4.78 is 0. The monoisotopic (exact) mass is 134 g/mol. The van der Waals surface area contributed by atoms with E-state index in [1.807, 2.05) is 0 Å². The normalized spacial score (nSPS) is 6.86. The van der Waals surface area contributed by atoms with Crippen molar-refractivity contribution in [3.63, 3.8) is 0 Å². The molecule has 0 radical (unpaired) electrons. The predicted octanol–water partition coefficient (Wildman–Crippen LogP) is 0.828. The average Bonchev–Trinajstić information content (AvgIpc) is 1.61. The fourth-order valence-corrected chi connectivity index (χ4v) is 0.493. The van der Waals surface area contributed by atoms with E-state index >= 15 is 0 Å². The maximum atomic E-state index is 9.64. The van der Waals surface area contributed by atoms with Gasteiger partial charge in [0.2, 0.25) is 0 Å². The van der Waals surface area contributed by atoms with Crippen LogP contribution in [0.25, 0.3) is 0 Å². The molecule has 7 heavy (non-hydrogen) atoms. The summed E-state index contributed by atoms with van der Waals surface area (Å²) in [5.74, 6) is -0.877. The third-order valence-electron chi connectivity index (χ3n) is 0.295. The molecule has 0 heterocycles. The van der Waals surface area contributed by atoms with Crippen LogP contribution in [0.2, 0.25) is 0 Å². The van der Waals surface area contributed by atoms with Gasteiger partial charge in [0.25, 0.3) is 0 Å². The van der Waals surface area contributed by atoms with Gasteiger partial charge in [-0.2, -0.15) is 0 Å². The zero-order chi connectivity index (χ0) is 5.70. The first-order valence-corrected chi connectivity index (χ1v) is 3.45. The Bertz CT molecular complexity index is 157. The van der Waals surface area contributed by atoms with Crippen molar-refractivity contribution in [1.82, 2.24) is 0 Å². The first kappa shape index (κ1) is 6.90. The summed E-state index contributed by atoms with van der Waals surface area (Å²) >= 11 is 4.37. The summed E-state index contributed by atoms with van der Waals surface area (Å²) in [6, 6.07) is 0. The van der Waals surface area contributed by atoms with E-state index in [0.29, 0.717) is 6.81 Å². The second-order valence-corrected chi connectivity index (χ2v) is 1.87. The molecule has 38 valence electrons. The van der Waals surface area contributed by atoms with Crippen LogP contribution in [0, 0.1) is 5.63 Å². The summed E-state index contributed by atoms with van der Waals surface area (Å²) in [4.78, 5) is 9.64. The number of rotatable bonds is 1. The van der Waals surface area contributed by atoms with E-state index in [9.17, 15) is 4.79 Å². The van der Waals surface area contributed by atoms with Crippen molar-refractivity contribution in [3.8, 4) is 5.63 Å².